The van der Waals surface area contributed by atoms with Crippen LogP contribution in [-0.2, 0) is 0 Å². The molecule has 0 aliphatic carbocycles. The molecular weight excluding hydrogens is 324 g/mol. The number of rotatable bonds is 4. The summed E-state index contributed by atoms with van der Waals surface area (Å²) in [5.74, 6) is 1.19. The molecule has 2 heterocycles. The van der Waals surface area contributed by atoms with Crippen LogP contribution in [0, 0.1) is 0 Å². The quantitative estimate of drug-likeness (QED) is 0.800. The lowest BCUT2D eigenvalue weighted by Crippen LogP contribution is -2.50. The summed E-state index contributed by atoms with van der Waals surface area (Å²) in [7, 11) is 0. The third-order valence-corrected chi connectivity index (χ3v) is 4.96. The van der Waals surface area contributed by atoms with Gasteiger partial charge in [-0.1, -0.05) is 19.1 Å². The Hall–Kier alpha value is -2.21. The van der Waals surface area contributed by atoms with E-state index in [1.54, 1.807) is 28.8 Å². The maximum absolute atomic E-state index is 12.8. The summed E-state index contributed by atoms with van der Waals surface area (Å²) in [5.41, 5.74) is 0.746. The molecule has 0 N–H and O–H groups in total. The van der Waals surface area contributed by atoms with Crippen molar-refractivity contribution in [1.82, 2.24) is 9.80 Å². The van der Waals surface area contributed by atoms with Crippen molar-refractivity contribution in [2.75, 3.05) is 31.9 Å². The van der Waals surface area contributed by atoms with E-state index in [-0.39, 0.29) is 11.8 Å². The van der Waals surface area contributed by atoms with Crippen molar-refractivity contribution in [3.8, 4) is 0 Å². The highest BCUT2D eigenvalue weighted by molar-refractivity contribution is 7.99. The number of piperazine rings is 1. The molecule has 1 aromatic carbocycles. The average molecular weight is 344 g/mol. The lowest BCUT2D eigenvalue weighted by molar-refractivity contribution is 0.0516. The lowest BCUT2D eigenvalue weighted by Gasteiger charge is -2.34. The molecule has 2 amide bonds. The molecule has 1 aliphatic heterocycles. The Balaban J connectivity index is 1.64. The van der Waals surface area contributed by atoms with Gasteiger partial charge in [0.05, 0.1) is 11.8 Å². The molecule has 6 heteroatoms. The van der Waals surface area contributed by atoms with Gasteiger partial charge in [0.2, 0.25) is 0 Å². The first kappa shape index (κ1) is 16.6. The monoisotopic (exact) mass is 344 g/mol. The van der Waals surface area contributed by atoms with Crippen LogP contribution in [0.5, 0.6) is 0 Å². The van der Waals surface area contributed by atoms with Crippen molar-refractivity contribution in [3.05, 3.63) is 54.0 Å². The summed E-state index contributed by atoms with van der Waals surface area (Å²) in [4.78, 5) is 29.6. The topological polar surface area (TPSA) is 53.8 Å². The minimum atomic E-state index is -0.117. The van der Waals surface area contributed by atoms with Gasteiger partial charge < -0.3 is 14.2 Å². The Labute approximate surface area is 145 Å². The molecule has 1 saturated heterocycles. The highest BCUT2D eigenvalue weighted by Gasteiger charge is 2.27. The van der Waals surface area contributed by atoms with Gasteiger partial charge in [-0.05, 0) is 30.0 Å². The van der Waals surface area contributed by atoms with Crippen LogP contribution in [-0.4, -0.2) is 53.5 Å². The highest BCUT2D eigenvalue weighted by atomic mass is 32.2. The normalized spacial score (nSPS) is 14.7. The van der Waals surface area contributed by atoms with E-state index in [4.69, 9.17) is 4.42 Å². The fourth-order valence-electron chi connectivity index (χ4n) is 2.76. The molecule has 24 heavy (non-hydrogen) atoms. The molecule has 1 aromatic heterocycles. The second-order valence-electron chi connectivity index (χ2n) is 5.49. The van der Waals surface area contributed by atoms with Crippen LogP contribution in [0.3, 0.4) is 0 Å². The smallest absolute Gasteiger partial charge is 0.289 e. The molecule has 1 fully saturated rings. The van der Waals surface area contributed by atoms with Crippen molar-refractivity contribution in [1.29, 1.82) is 0 Å². The van der Waals surface area contributed by atoms with E-state index >= 15 is 0 Å². The summed E-state index contributed by atoms with van der Waals surface area (Å²) in [6.45, 7) is 4.19. The number of hydrogen-bond donors (Lipinski definition) is 0. The van der Waals surface area contributed by atoms with E-state index in [0.717, 1.165) is 16.2 Å². The van der Waals surface area contributed by atoms with Crippen LogP contribution < -0.4 is 0 Å². The Morgan fingerprint density at radius 1 is 1.00 bits per heavy atom. The number of nitrogens with zero attached hydrogens (tertiary/aromatic N) is 2. The molecule has 0 spiro atoms. The predicted octanol–water partition coefficient (Wildman–Crippen LogP) is 2.99. The Morgan fingerprint density at radius 2 is 1.67 bits per heavy atom. The summed E-state index contributed by atoms with van der Waals surface area (Å²) >= 11 is 1.67. The van der Waals surface area contributed by atoms with Gasteiger partial charge in [0.1, 0.15) is 0 Å². The van der Waals surface area contributed by atoms with Gasteiger partial charge in [-0.15, -0.1) is 11.8 Å². The van der Waals surface area contributed by atoms with Crippen molar-refractivity contribution >= 4 is 23.6 Å². The number of benzene rings is 1. The van der Waals surface area contributed by atoms with Crippen molar-refractivity contribution in [2.24, 2.45) is 0 Å². The molecule has 126 valence electrons. The van der Waals surface area contributed by atoms with Gasteiger partial charge in [-0.3, -0.25) is 9.59 Å². The first-order valence-electron chi connectivity index (χ1n) is 8.04. The molecule has 3 rings (SSSR count). The largest absolute Gasteiger partial charge is 0.459 e. The third kappa shape index (κ3) is 3.48. The van der Waals surface area contributed by atoms with E-state index < -0.39 is 0 Å². The second-order valence-corrected chi connectivity index (χ2v) is 6.80. The predicted molar refractivity (Wildman–Crippen MR) is 93.4 cm³/mol. The number of amides is 2. The van der Waals surface area contributed by atoms with Crippen molar-refractivity contribution in [2.45, 2.75) is 11.8 Å². The van der Waals surface area contributed by atoms with E-state index in [1.165, 1.54) is 6.26 Å². The van der Waals surface area contributed by atoms with Gasteiger partial charge in [0.25, 0.3) is 11.8 Å². The van der Waals surface area contributed by atoms with Crippen LogP contribution in [0.15, 0.2) is 52.0 Å². The Morgan fingerprint density at radius 3 is 2.29 bits per heavy atom. The van der Waals surface area contributed by atoms with Gasteiger partial charge in [0, 0.05) is 31.1 Å². The molecule has 0 saturated carbocycles. The summed E-state index contributed by atoms with van der Waals surface area (Å²) in [6, 6.07) is 11.1. The van der Waals surface area contributed by atoms with Crippen LogP contribution in [0.1, 0.15) is 27.8 Å². The van der Waals surface area contributed by atoms with E-state index in [1.807, 2.05) is 29.2 Å². The van der Waals surface area contributed by atoms with Crippen LogP contribution in [0.25, 0.3) is 0 Å². The number of furan rings is 1. The number of carbonyl (C=O) groups excluding carboxylic acids is 2. The molecule has 0 radical (unpaired) electrons. The second kappa shape index (κ2) is 7.57. The number of hydrogen-bond acceptors (Lipinski definition) is 4. The van der Waals surface area contributed by atoms with Crippen molar-refractivity contribution in [3.63, 3.8) is 0 Å². The molecule has 5 nitrogen and oxygen atoms in total. The zero-order valence-electron chi connectivity index (χ0n) is 13.6. The highest BCUT2D eigenvalue weighted by Crippen LogP contribution is 2.24. The van der Waals surface area contributed by atoms with E-state index in [2.05, 4.69) is 6.92 Å². The van der Waals surface area contributed by atoms with Crippen LogP contribution in [0.2, 0.25) is 0 Å². The average Bonchev–Trinajstić information content (AvgIpc) is 3.16. The lowest BCUT2D eigenvalue weighted by atomic mass is 10.1. The zero-order valence-corrected chi connectivity index (χ0v) is 14.4. The Kier molecular flexibility index (Phi) is 5.25. The minimum Gasteiger partial charge on any atom is -0.459 e. The fraction of sp³-hybridized carbons (Fsp3) is 0.333. The first-order valence-corrected chi connectivity index (χ1v) is 9.03. The van der Waals surface area contributed by atoms with Gasteiger partial charge >= 0.3 is 0 Å². The zero-order chi connectivity index (χ0) is 16.9. The maximum Gasteiger partial charge on any atom is 0.289 e. The Bertz CT molecular complexity index is 707. The van der Waals surface area contributed by atoms with E-state index in [9.17, 15) is 9.59 Å². The van der Waals surface area contributed by atoms with Crippen molar-refractivity contribution < 1.29 is 14.0 Å². The standard InChI is InChI=1S/C18H20N2O3S/c1-2-24-16-8-4-3-6-14(16)17(21)19-9-11-20(12-10-19)18(22)15-7-5-13-23-15/h3-8,13H,2,9-12H2,1H3. The molecule has 0 atom stereocenters. The van der Waals surface area contributed by atoms with Gasteiger partial charge in [-0.25, -0.2) is 0 Å². The number of carbonyl (C=O) groups is 2. The number of thioether (sulfide) groups is 1. The van der Waals surface area contributed by atoms with E-state index in [0.29, 0.717) is 31.9 Å². The fourth-order valence-corrected chi connectivity index (χ4v) is 3.56. The summed E-state index contributed by atoms with van der Waals surface area (Å²) < 4.78 is 5.16. The SMILES string of the molecule is CCSc1ccccc1C(=O)N1CCN(C(=O)c2ccco2)CC1. The maximum atomic E-state index is 12.8. The van der Waals surface area contributed by atoms with Gasteiger partial charge in [0.15, 0.2) is 5.76 Å². The minimum absolute atomic E-state index is 0.0386. The summed E-state index contributed by atoms with van der Waals surface area (Å²) in [5, 5.41) is 0. The van der Waals surface area contributed by atoms with Gasteiger partial charge in [-0.2, -0.15) is 0 Å². The molecule has 2 aromatic rings. The molecule has 0 unspecified atom stereocenters. The molecule has 0 bridgehead atoms. The summed E-state index contributed by atoms with van der Waals surface area (Å²) in [6.07, 6.45) is 1.50. The molecule has 1 aliphatic rings. The molecular formula is C18H20N2O3S. The third-order valence-electron chi connectivity index (χ3n) is 4.00. The van der Waals surface area contributed by atoms with Crippen LogP contribution >= 0.6 is 11.8 Å². The first-order chi connectivity index (χ1) is 11.7. The van der Waals surface area contributed by atoms with Crippen LogP contribution in [0.4, 0.5) is 0 Å².